The molecular formula is C20H18N2O3S2. The molecule has 5 nitrogen and oxygen atoms in total. The maximum absolute atomic E-state index is 12.7. The number of benzene rings is 1. The summed E-state index contributed by atoms with van der Waals surface area (Å²) in [7, 11) is 0. The fourth-order valence-electron chi connectivity index (χ4n) is 3.33. The van der Waals surface area contributed by atoms with Crippen LogP contribution in [0.3, 0.4) is 0 Å². The van der Waals surface area contributed by atoms with Crippen molar-refractivity contribution in [2.24, 2.45) is 0 Å². The molecule has 3 heterocycles. The highest BCUT2D eigenvalue weighted by Gasteiger charge is 2.35. The molecule has 3 amide bonds. The zero-order chi connectivity index (χ0) is 18.8. The van der Waals surface area contributed by atoms with E-state index in [9.17, 15) is 14.4 Å². The van der Waals surface area contributed by atoms with Crippen molar-refractivity contribution in [3.05, 3.63) is 57.1 Å². The minimum Gasteiger partial charge on any atom is -0.312 e. The predicted molar refractivity (Wildman–Crippen MR) is 109 cm³/mol. The number of anilines is 1. The Hall–Kier alpha value is -2.38. The lowest BCUT2D eigenvalue weighted by molar-refractivity contribution is -0.123. The molecule has 0 aliphatic carbocycles. The van der Waals surface area contributed by atoms with Gasteiger partial charge in [-0.15, -0.1) is 11.3 Å². The van der Waals surface area contributed by atoms with Crippen molar-refractivity contribution in [1.82, 2.24) is 4.90 Å². The quantitative estimate of drug-likeness (QED) is 0.726. The summed E-state index contributed by atoms with van der Waals surface area (Å²) in [5.41, 5.74) is 2.11. The van der Waals surface area contributed by atoms with Crippen LogP contribution in [0.25, 0.3) is 6.08 Å². The Morgan fingerprint density at radius 3 is 2.81 bits per heavy atom. The number of hydrogen-bond donors (Lipinski definition) is 0. The van der Waals surface area contributed by atoms with Gasteiger partial charge in [0.15, 0.2) is 0 Å². The van der Waals surface area contributed by atoms with Gasteiger partial charge in [-0.2, -0.15) is 0 Å². The molecule has 1 fully saturated rings. The van der Waals surface area contributed by atoms with Crippen LogP contribution in [0.5, 0.6) is 0 Å². The smallest absolute Gasteiger partial charge is 0.293 e. The van der Waals surface area contributed by atoms with E-state index in [2.05, 4.69) is 0 Å². The largest absolute Gasteiger partial charge is 0.312 e. The Morgan fingerprint density at radius 1 is 1.15 bits per heavy atom. The van der Waals surface area contributed by atoms with Crippen LogP contribution in [0.1, 0.15) is 23.3 Å². The number of carbonyl (C=O) groups excluding carboxylic acids is 3. The highest BCUT2D eigenvalue weighted by molar-refractivity contribution is 8.18. The minimum absolute atomic E-state index is 0.0524. The van der Waals surface area contributed by atoms with E-state index >= 15 is 0 Å². The summed E-state index contributed by atoms with van der Waals surface area (Å²) in [6.45, 7) is 0.792. The van der Waals surface area contributed by atoms with E-state index in [1.165, 1.54) is 21.8 Å². The average molecular weight is 399 g/mol. The van der Waals surface area contributed by atoms with Crippen molar-refractivity contribution in [3.8, 4) is 0 Å². The third kappa shape index (κ3) is 3.70. The fraction of sp³-hybridized carbons (Fsp3) is 0.250. The van der Waals surface area contributed by atoms with Crippen LogP contribution in [0.2, 0.25) is 0 Å². The second-order valence-corrected chi connectivity index (χ2v) is 8.35. The van der Waals surface area contributed by atoms with Crippen LogP contribution in [0, 0.1) is 0 Å². The number of carbonyl (C=O) groups is 3. The zero-order valence-corrected chi connectivity index (χ0v) is 16.2. The van der Waals surface area contributed by atoms with Gasteiger partial charge in [0.1, 0.15) is 0 Å². The van der Waals surface area contributed by atoms with Crippen LogP contribution in [0.15, 0.2) is 46.7 Å². The summed E-state index contributed by atoms with van der Waals surface area (Å²) < 4.78 is 0. The number of amides is 3. The molecule has 2 aliphatic heterocycles. The predicted octanol–water partition coefficient (Wildman–Crippen LogP) is 4.15. The molecule has 2 aromatic rings. The first-order valence-electron chi connectivity index (χ1n) is 8.80. The lowest BCUT2D eigenvalue weighted by Crippen LogP contribution is -2.38. The maximum Gasteiger partial charge on any atom is 0.293 e. The summed E-state index contributed by atoms with van der Waals surface area (Å²) in [6, 6.07) is 11.7. The SMILES string of the molecule is O=C1SC(=Cc2cccs2)C(=O)N1CCC(=O)N1CCCc2ccccc21. The fourth-order valence-corrected chi connectivity index (χ4v) is 4.92. The Bertz CT molecular complexity index is 921. The van der Waals surface area contributed by atoms with Crippen molar-refractivity contribution >= 4 is 51.9 Å². The van der Waals surface area contributed by atoms with Gasteiger partial charge in [-0.25, -0.2) is 0 Å². The van der Waals surface area contributed by atoms with E-state index in [1.54, 1.807) is 11.0 Å². The van der Waals surface area contributed by atoms with Crippen LogP contribution < -0.4 is 4.90 Å². The molecule has 0 unspecified atom stereocenters. The Labute approximate surface area is 165 Å². The topological polar surface area (TPSA) is 57.7 Å². The number of hydrogen-bond acceptors (Lipinski definition) is 5. The van der Waals surface area contributed by atoms with Crippen molar-refractivity contribution in [2.75, 3.05) is 18.0 Å². The summed E-state index contributed by atoms with van der Waals surface area (Å²) in [5.74, 6) is -0.367. The lowest BCUT2D eigenvalue weighted by atomic mass is 10.0. The highest BCUT2D eigenvalue weighted by Crippen LogP contribution is 2.33. The van der Waals surface area contributed by atoms with Crippen molar-refractivity contribution in [2.45, 2.75) is 19.3 Å². The molecule has 1 saturated heterocycles. The molecule has 4 rings (SSSR count). The Balaban J connectivity index is 1.42. The first-order valence-corrected chi connectivity index (χ1v) is 10.5. The van der Waals surface area contributed by atoms with Gasteiger partial charge in [-0.1, -0.05) is 24.3 Å². The molecule has 0 saturated carbocycles. The molecule has 0 bridgehead atoms. The number of nitrogens with zero attached hydrogens (tertiary/aromatic N) is 2. The number of imide groups is 1. The van der Waals surface area contributed by atoms with Crippen LogP contribution in [-0.4, -0.2) is 35.0 Å². The van der Waals surface area contributed by atoms with Crippen LogP contribution in [0.4, 0.5) is 10.5 Å². The van der Waals surface area contributed by atoms with E-state index in [1.807, 2.05) is 41.8 Å². The first kappa shape index (κ1) is 18.0. The molecule has 2 aliphatic rings. The second kappa shape index (κ2) is 7.70. The summed E-state index contributed by atoms with van der Waals surface area (Å²) >= 11 is 2.45. The summed E-state index contributed by atoms with van der Waals surface area (Å²) in [6.07, 6.45) is 3.77. The number of aryl methyl sites for hydroxylation is 1. The van der Waals surface area contributed by atoms with E-state index in [4.69, 9.17) is 0 Å². The van der Waals surface area contributed by atoms with Gasteiger partial charge in [0, 0.05) is 30.1 Å². The molecule has 7 heteroatoms. The van der Waals surface area contributed by atoms with Gasteiger partial charge in [-0.3, -0.25) is 19.3 Å². The van der Waals surface area contributed by atoms with Gasteiger partial charge in [0.25, 0.3) is 11.1 Å². The third-order valence-electron chi connectivity index (χ3n) is 4.65. The van der Waals surface area contributed by atoms with Crippen LogP contribution in [-0.2, 0) is 16.0 Å². The number of rotatable bonds is 4. The highest BCUT2D eigenvalue weighted by atomic mass is 32.2. The molecule has 1 aromatic carbocycles. The van der Waals surface area contributed by atoms with Crippen molar-refractivity contribution < 1.29 is 14.4 Å². The first-order chi connectivity index (χ1) is 13.1. The van der Waals surface area contributed by atoms with Crippen molar-refractivity contribution in [3.63, 3.8) is 0 Å². The van der Waals surface area contributed by atoms with Gasteiger partial charge < -0.3 is 4.90 Å². The molecule has 27 heavy (non-hydrogen) atoms. The monoisotopic (exact) mass is 398 g/mol. The molecule has 138 valence electrons. The van der Waals surface area contributed by atoms with E-state index in [0.29, 0.717) is 11.4 Å². The van der Waals surface area contributed by atoms with Crippen molar-refractivity contribution in [1.29, 1.82) is 0 Å². The lowest BCUT2D eigenvalue weighted by Gasteiger charge is -2.29. The molecule has 0 atom stereocenters. The van der Waals surface area contributed by atoms with E-state index in [0.717, 1.165) is 35.2 Å². The van der Waals surface area contributed by atoms with Gasteiger partial charge in [0.05, 0.1) is 4.91 Å². The normalized spacial score (nSPS) is 18.3. The second-order valence-electron chi connectivity index (χ2n) is 6.38. The van der Waals surface area contributed by atoms with Gasteiger partial charge >= 0.3 is 0 Å². The van der Waals surface area contributed by atoms with Gasteiger partial charge in [0.2, 0.25) is 5.91 Å². The molecule has 0 radical (unpaired) electrons. The molecule has 0 N–H and O–H groups in total. The maximum atomic E-state index is 12.7. The minimum atomic E-state index is -0.315. The summed E-state index contributed by atoms with van der Waals surface area (Å²) in [4.78, 5) is 41.8. The standard InChI is InChI=1S/C20H18N2O3S2/c23-18(21-10-3-6-14-5-1-2-8-16(14)21)9-11-22-19(24)17(27-20(22)25)13-15-7-4-12-26-15/h1-2,4-5,7-8,12-13H,3,6,9-11H2. The average Bonchev–Trinajstić information content (AvgIpc) is 3.28. The number of thioether (sulfide) groups is 1. The molecule has 0 spiro atoms. The number of thiophene rings is 1. The third-order valence-corrected chi connectivity index (χ3v) is 6.38. The number of para-hydroxylation sites is 1. The van der Waals surface area contributed by atoms with Crippen LogP contribution >= 0.6 is 23.1 Å². The molecular weight excluding hydrogens is 380 g/mol. The summed E-state index contributed by atoms with van der Waals surface area (Å²) in [5, 5.41) is 1.61. The van der Waals surface area contributed by atoms with E-state index in [-0.39, 0.29) is 30.0 Å². The Kier molecular flexibility index (Phi) is 5.13. The molecule has 1 aromatic heterocycles. The Morgan fingerprint density at radius 2 is 2.00 bits per heavy atom. The van der Waals surface area contributed by atoms with E-state index < -0.39 is 0 Å². The number of fused-ring (bicyclic) bond motifs is 1. The van der Waals surface area contributed by atoms with Gasteiger partial charge in [-0.05, 0) is 53.8 Å². The zero-order valence-electron chi connectivity index (χ0n) is 14.6.